The molecule has 0 spiro atoms. The van der Waals surface area contributed by atoms with E-state index in [1.165, 1.54) is 0 Å². The molecule has 0 atom stereocenters. The fraction of sp³-hybridized carbons (Fsp3) is 0.750. The first-order valence-corrected chi connectivity index (χ1v) is 3.30. The van der Waals surface area contributed by atoms with Crippen LogP contribution in [-0.4, -0.2) is 40.3 Å². The van der Waals surface area contributed by atoms with Crippen molar-refractivity contribution >= 4 is 29.2 Å². The van der Waals surface area contributed by atoms with Crippen LogP contribution in [-0.2, 0) is 4.79 Å². The summed E-state index contributed by atoms with van der Waals surface area (Å²) >= 11 is 9.53. The van der Waals surface area contributed by atoms with Gasteiger partial charge in [0.15, 0.2) is 0 Å². The number of carbonyl (C=O) groups is 1. The zero-order chi connectivity index (χ0) is 10.8. The number of carboxylic acid groups (broad SMARTS) is 1. The zero-order valence-corrected chi connectivity index (χ0v) is 7.91. The van der Waals surface area contributed by atoms with Crippen LogP contribution < -0.4 is 0 Å². The van der Waals surface area contributed by atoms with Gasteiger partial charge < -0.3 is 15.7 Å². The zero-order valence-electron chi connectivity index (χ0n) is 6.40. The van der Waals surface area contributed by atoms with Crippen LogP contribution in [0.1, 0.15) is 0 Å². The lowest BCUT2D eigenvalue weighted by Crippen LogP contribution is -2.21. The van der Waals surface area contributed by atoms with Gasteiger partial charge in [-0.2, -0.15) is 13.2 Å². The van der Waals surface area contributed by atoms with Crippen LogP contribution >= 0.6 is 23.2 Å². The van der Waals surface area contributed by atoms with Crippen molar-refractivity contribution in [3.05, 3.63) is 0 Å². The third kappa shape index (κ3) is 33.8. The second-order valence-electron chi connectivity index (χ2n) is 0.904. The van der Waals surface area contributed by atoms with Gasteiger partial charge in [0, 0.05) is 7.11 Å². The van der Waals surface area contributed by atoms with E-state index in [9.17, 15) is 13.2 Å². The third-order valence-corrected chi connectivity index (χ3v) is 0.243. The van der Waals surface area contributed by atoms with Gasteiger partial charge in [0.1, 0.15) is 0 Å². The van der Waals surface area contributed by atoms with Crippen LogP contribution in [0, 0.1) is 0 Å². The van der Waals surface area contributed by atoms with E-state index < -0.39 is 12.1 Å². The average Bonchev–Trinajstić information content (AvgIpc) is 1.91. The molecule has 0 aromatic rings. The van der Waals surface area contributed by atoms with Gasteiger partial charge in [-0.3, -0.25) is 0 Å². The molecule has 4 N–H and O–H groups in total. The lowest BCUT2D eigenvalue weighted by molar-refractivity contribution is -0.192. The summed E-state index contributed by atoms with van der Waals surface area (Å²) in [6.07, 6.45) is -5.08. The molecule has 0 unspecified atom stereocenters. The highest BCUT2D eigenvalue weighted by atomic mass is 35.5. The molecule has 0 saturated carbocycles. The summed E-state index contributed by atoms with van der Waals surface area (Å²) < 4.78 is 31.7. The minimum atomic E-state index is -5.08. The third-order valence-electron chi connectivity index (χ3n) is 0.243. The number of carboxylic acids is 1. The molecule has 0 amide bonds. The largest absolute Gasteiger partial charge is 0.490 e. The van der Waals surface area contributed by atoms with Gasteiger partial charge in [-0.1, -0.05) is 0 Å². The molecule has 9 heteroatoms. The summed E-state index contributed by atoms with van der Waals surface area (Å²) in [6, 6.07) is 0. The highest BCUT2D eigenvalue weighted by Gasteiger charge is 2.38. The smallest absolute Gasteiger partial charge is 0.475 e. The van der Waals surface area contributed by atoms with Gasteiger partial charge in [-0.05, 0) is 0 Å². The Morgan fingerprint density at radius 1 is 1.31 bits per heavy atom. The SMILES string of the molecule is CO.ClCCl.O.O=C(O)C(F)(F)F. The summed E-state index contributed by atoms with van der Waals surface area (Å²) in [4.78, 5) is 8.90. The second kappa shape index (κ2) is 14.3. The number of aliphatic carboxylic acids is 1. The molecular weight excluding hydrogens is 240 g/mol. The predicted molar refractivity (Wildman–Crippen MR) is 42.0 cm³/mol. The molecule has 0 saturated heterocycles. The molecule has 4 nitrogen and oxygen atoms in total. The Bertz CT molecular complexity index is 108. The molecule has 84 valence electrons. The van der Waals surface area contributed by atoms with Crippen molar-refractivity contribution in [3.63, 3.8) is 0 Å². The predicted octanol–water partition coefficient (Wildman–Crippen LogP) is 0.839. The summed E-state index contributed by atoms with van der Waals surface area (Å²) in [5, 5.41) is 14.3. The fourth-order valence-electron chi connectivity index (χ4n) is 0. The Hall–Kier alpha value is -0.240. The minimum absolute atomic E-state index is 0. The number of halogens is 5. The summed E-state index contributed by atoms with van der Waals surface area (Å²) in [6.45, 7) is 0. The molecule has 0 aliphatic heterocycles. The maximum atomic E-state index is 10.6. The number of alkyl halides is 5. The van der Waals surface area contributed by atoms with Gasteiger partial charge in [-0.25, -0.2) is 4.79 Å². The summed E-state index contributed by atoms with van der Waals surface area (Å²) in [5.74, 6) is -2.76. The molecule has 0 heterocycles. The van der Waals surface area contributed by atoms with Crippen molar-refractivity contribution in [2.45, 2.75) is 6.18 Å². The normalized spacial score (nSPS) is 7.92. The van der Waals surface area contributed by atoms with Crippen LogP contribution in [0.2, 0.25) is 0 Å². The van der Waals surface area contributed by atoms with E-state index in [-0.39, 0.29) is 10.8 Å². The Balaban J connectivity index is -0.0000000581. The van der Waals surface area contributed by atoms with Gasteiger partial charge in [0.05, 0.1) is 5.34 Å². The number of aliphatic hydroxyl groups excluding tert-OH is 1. The number of rotatable bonds is 0. The van der Waals surface area contributed by atoms with E-state index in [1.54, 1.807) is 0 Å². The molecule has 0 aliphatic carbocycles. The first-order valence-electron chi connectivity index (χ1n) is 2.23. The number of hydrogen-bond donors (Lipinski definition) is 2. The maximum absolute atomic E-state index is 10.6. The van der Waals surface area contributed by atoms with Crippen molar-refractivity contribution in [1.29, 1.82) is 0 Å². The quantitative estimate of drug-likeness (QED) is 0.623. The first-order chi connectivity index (χ1) is 5.36. The van der Waals surface area contributed by atoms with Gasteiger partial charge in [0.2, 0.25) is 0 Å². The molecule has 0 radical (unpaired) electrons. The molecule has 0 aliphatic rings. The maximum Gasteiger partial charge on any atom is 0.490 e. The van der Waals surface area contributed by atoms with Crippen molar-refractivity contribution in [2.75, 3.05) is 12.4 Å². The van der Waals surface area contributed by atoms with Crippen molar-refractivity contribution < 1.29 is 33.7 Å². The van der Waals surface area contributed by atoms with Crippen molar-refractivity contribution in [1.82, 2.24) is 0 Å². The minimum Gasteiger partial charge on any atom is -0.475 e. The Kier molecular flexibility index (Phi) is 25.3. The van der Waals surface area contributed by atoms with E-state index in [4.69, 9.17) is 38.2 Å². The monoisotopic (exact) mass is 248 g/mol. The summed E-state index contributed by atoms with van der Waals surface area (Å²) in [5.41, 5.74) is 0. The molecular formula is C4H9Cl2F3O4. The Morgan fingerprint density at radius 3 is 1.38 bits per heavy atom. The number of aliphatic hydroxyl groups is 1. The van der Waals surface area contributed by atoms with Crippen LogP contribution in [0.15, 0.2) is 0 Å². The topological polar surface area (TPSA) is 89.0 Å². The standard InChI is InChI=1S/C2HF3O2.CH2Cl2.CH4O.H2O/c3-2(4,5)1(6)7;2-1-3;1-2;/h(H,6,7);1H2;2H,1H3;1H2. The molecule has 0 aromatic heterocycles. The molecule has 0 aromatic carbocycles. The lowest BCUT2D eigenvalue weighted by atomic mass is 10.7. The van der Waals surface area contributed by atoms with E-state index in [1.807, 2.05) is 0 Å². The van der Waals surface area contributed by atoms with Crippen LogP contribution in [0.5, 0.6) is 0 Å². The van der Waals surface area contributed by atoms with E-state index in [2.05, 4.69) is 0 Å². The lowest BCUT2D eigenvalue weighted by Gasteiger charge is -1.93. The van der Waals surface area contributed by atoms with E-state index in [0.717, 1.165) is 7.11 Å². The van der Waals surface area contributed by atoms with Crippen LogP contribution in [0.3, 0.4) is 0 Å². The Labute approximate surface area is 82.2 Å². The average molecular weight is 249 g/mol. The highest BCUT2D eigenvalue weighted by molar-refractivity contribution is 6.40. The molecule has 0 bridgehead atoms. The van der Waals surface area contributed by atoms with Gasteiger partial charge >= 0.3 is 12.1 Å². The highest BCUT2D eigenvalue weighted by Crippen LogP contribution is 2.13. The molecule has 13 heavy (non-hydrogen) atoms. The second-order valence-corrected chi connectivity index (χ2v) is 1.71. The van der Waals surface area contributed by atoms with E-state index >= 15 is 0 Å². The number of hydrogen-bond acceptors (Lipinski definition) is 2. The molecule has 0 fully saturated rings. The van der Waals surface area contributed by atoms with Crippen LogP contribution in [0.25, 0.3) is 0 Å². The van der Waals surface area contributed by atoms with Crippen molar-refractivity contribution in [2.24, 2.45) is 0 Å². The van der Waals surface area contributed by atoms with Crippen LogP contribution in [0.4, 0.5) is 13.2 Å². The Morgan fingerprint density at radius 2 is 1.38 bits per heavy atom. The first kappa shape index (κ1) is 23.0. The van der Waals surface area contributed by atoms with Gasteiger partial charge in [-0.15, -0.1) is 23.2 Å². The van der Waals surface area contributed by atoms with Crippen molar-refractivity contribution in [3.8, 4) is 0 Å². The van der Waals surface area contributed by atoms with E-state index in [0.29, 0.717) is 0 Å². The molecule has 0 rings (SSSR count). The van der Waals surface area contributed by atoms with Gasteiger partial charge in [0.25, 0.3) is 0 Å². The fourth-order valence-corrected chi connectivity index (χ4v) is 0. The summed E-state index contributed by atoms with van der Waals surface area (Å²) in [7, 11) is 1.00.